The third-order valence-electron chi connectivity index (χ3n) is 2.09. The van der Waals surface area contributed by atoms with Crippen LogP contribution in [0, 0.1) is 13.8 Å². The van der Waals surface area contributed by atoms with Gasteiger partial charge in [-0.25, -0.2) is 9.78 Å². The summed E-state index contributed by atoms with van der Waals surface area (Å²) in [6.07, 6.45) is -0.715. The Hall–Kier alpha value is -2.38. The average molecular weight is 256 g/mol. The molecule has 1 rings (SSSR count). The van der Waals surface area contributed by atoms with Crippen LogP contribution in [0.3, 0.4) is 0 Å². The fraction of sp³-hybridized carbons (Fsp3) is 0.400. The largest absolute Gasteiger partial charge is 0.481 e. The Kier molecular flexibility index (Phi) is 4.03. The molecular formula is C10H12N2O6. The number of oxazole rings is 1. The van der Waals surface area contributed by atoms with Crippen molar-refractivity contribution in [1.29, 1.82) is 0 Å². The molecule has 8 nitrogen and oxygen atoms in total. The molecule has 0 aliphatic carbocycles. The second-order valence-corrected chi connectivity index (χ2v) is 3.61. The summed E-state index contributed by atoms with van der Waals surface area (Å²) in [5, 5.41) is 19.4. The average Bonchev–Trinajstić information content (AvgIpc) is 2.56. The first-order valence-electron chi connectivity index (χ1n) is 5.00. The number of aliphatic carboxylic acids is 2. The van der Waals surface area contributed by atoms with E-state index in [-0.39, 0.29) is 11.7 Å². The maximum absolute atomic E-state index is 11.7. The van der Waals surface area contributed by atoms with E-state index < -0.39 is 30.3 Å². The van der Waals surface area contributed by atoms with Crippen LogP contribution in [0.2, 0.25) is 0 Å². The first-order chi connectivity index (χ1) is 8.31. The van der Waals surface area contributed by atoms with Crippen molar-refractivity contribution in [3.05, 3.63) is 17.3 Å². The van der Waals surface area contributed by atoms with Crippen LogP contribution < -0.4 is 5.32 Å². The first-order valence-corrected chi connectivity index (χ1v) is 5.00. The number of carboxylic acid groups (broad SMARTS) is 2. The SMILES string of the molecule is Cc1nc(C)c(C(=O)N[C@H](CC(=O)O)C(=O)O)o1. The molecule has 1 aromatic rings. The molecule has 0 aliphatic rings. The van der Waals surface area contributed by atoms with Crippen LogP contribution in [0.5, 0.6) is 0 Å². The summed E-state index contributed by atoms with van der Waals surface area (Å²) in [6.45, 7) is 3.06. The summed E-state index contributed by atoms with van der Waals surface area (Å²) < 4.78 is 5.00. The lowest BCUT2D eigenvalue weighted by Crippen LogP contribution is -2.42. The third-order valence-corrected chi connectivity index (χ3v) is 2.09. The molecule has 0 unspecified atom stereocenters. The summed E-state index contributed by atoms with van der Waals surface area (Å²) in [4.78, 5) is 36.7. The van der Waals surface area contributed by atoms with Gasteiger partial charge in [0.05, 0.1) is 12.1 Å². The summed E-state index contributed by atoms with van der Waals surface area (Å²) in [6, 6.07) is -1.51. The van der Waals surface area contributed by atoms with Crippen molar-refractivity contribution in [3.63, 3.8) is 0 Å². The van der Waals surface area contributed by atoms with Gasteiger partial charge >= 0.3 is 11.9 Å². The van der Waals surface area contributed by atoms with Crippen molar-refractivity contribution in [1.82, 2.24) is 10.3 Å². The fourth-order valence-electron chi connectivity index (χ4n) is 1.34. The van der Waals surface area contributed by atoms with Crippen LogP contribution in [-0.2, 0) is 9.59 Å². The number of aryl methyl sites for hydroxylation is 2. The van der Waals surface area contributed by atoms with Gasteiger partial charge in [0, 0.05) is 6.92 Å². The third kappa shape index (κ3) is 3.30. The van der Waals surface area contributed by atoms with Crippen LogP contribution in [0.1, 0.15) is 28.6 Å². The Morgan fingerprint density at radius 2 is 1.94 bits per heavy atom. The van der Waals surface area contributed by atoms with Crippen LogP contribution in [-0.4, -0.2) is 39.1 Å². The van der Waals surface area contributed by atoms with Gasteiger partial charge in [-0.2, -0.15) is 0 Å². The molecule has 0 spiro atoms. The van der Waals surface area contributed by atoms with Gasteiger partial charge in [-0.05, 0) is 6.92 Å². The number of nitrogens with zero attached hydrogens (tertiary/aromatic N) is 1. The Labute approximate surface area is 102 Å². The molecule has 0 saturated heterocycles. The molecule has 98 valence electrons. The lowest BCUT2D eigenvalue weighted by molar-refractivity contribution is -0.145. The van der Waals surface area contributed by atoms with E-state index in [4.69, 9.17) is 14.6 Å². The van der Waals surface area contributed by atoms with Gasteiger partial charge in [-0.3, -0.25) is 9.59 Å². The van der Waals surface area contributed by atoms with Crippen molar-refractivity contribution in [3.8, 4) is 0 Å². The van der Waals surface area contributed by atoms with Crippen molar-refractivity contribution >= 4 is 17.8 Å². The maximum atomic E-state index is 11.7. The number of carboxylic acids is 2. The van der Waals surface area contributed by atoms with E-state index in [0.717, 1.165) is 0 Å². The number of aromatic nitrogens is 1. The zero-order chi connectivity index (χ0) is 13.9. The molecule has 1 amide bonds. The minimum absolute atomic E-state index is 0.121. The zero-order valence-electron chi connectivity index (χ0n) is 9.76. The van der Waals surface area contributed by atoms with Gasteiger partial charge in [0.15, 0.2) is 5.89 Å². The maximum Gasteiger partial charge on any atom is 0.326 e. The van der Waals surface area contributed by atoms with E-state index in [0.29, 0.717) is 5.69 Å². The summed E-state index contributed by atoms with van der Waals surface area (Å²) in [7, 11) is 0. The molecule has 3 N–H and O–H groups in total. The van der Waals surface area contributed by atoms with E-state index in [2.05, 4.69) is 10.3 Å². The van der Waals surface area contributed by atoms with Crippen LogP contribution in [0.15, 0.2) is 4.42 Å². The molecule has 0 fully saturated rings. The lowest BCUT2D eigenvalue weighted by Gasteiger charge is -2.10. The zero-order valence-corrected chi connectivity index (χ0v) is 9.76. The number of nitrogens with one attached hydrogen (secondary N) is 1. The number of amides is 1. The molecule has 0 aliphatic heterocycles. The number of rotatable bonds is 5. The highest BCUT2D eigenvalue weighted by atomic mass is 16.4. The van der Waals surface area contributed by atoms with Gasteiger partial charge in [0.2, 0.25) is 5.76 Å². The molecule has 8 heteroatoms. The fourth-order valence-corrected chi connectivity index (χ4v) is 1.34. The van der Waals surface area contributed by atoms with Crippen LogP contribution in [0.25, 0.3) is 0 Å². The Morgan fingerprint density at radius 1 is 1.33 bits per heavy atom. The van der Waals surface area contributed by atoms with Crippen LogP contribution >= 0.6 is 0 Å². The minimum Gasteiger partial charge on any atom is -0.481 e. The molecule has 1 aromatic heterocycles. The highest BCUT2D eigenvalue weighted by Gasteiger charge is 2.26. The smallest absolute Gasteiger partial charge is 0.326 e. The molecular weight excluding hydrogens is 244 g/mol. The van der Waals surface area contributed by atoms with Crippen molar-refractivity contribution in [2.45, 2.75) is 26.3 Å². The van der Waals surface area contributed by atoms with E-state index in [1.54, 1.807) is 0 Å². The second kappa shape index (κ2) is 5.30. The standard InChI is InChI=1S/C10H12N2O6/c1-4-8(18-5(2)11-4)9(15)12-6(10(16)17)3-7(13)14/h6H,3H2,1-2H3,(H,12,15)(H,13,14)(H,16,17)/t6-/m1/s1. The van der Waals surface area contributed by atoms with Crippen LogP contribution in [0.4, 0.5) is 0 Å². The van der Waals surface area contributed by atoms with E-state index in [9.17, 15) is 14.4 Å². The van der Waals surface area contributed by atoms with Gasteiger partial charge in [0.1, 0.15) is 6.04 Å². The molecule has 0 radical (unpaired) electrons. The molecule has 0 aromatic carbocycles. The quantitative estimate of drug-likeness (QED) is 0.673. The first kappa shape index (κ1) is 13.7. The summed E-state index contributed by atoms with van der Waals surface area (Å²) in [5.74, 6) is -3.42. The molecule has 0 saturated carbocycles. The molecule has 0 bridgehead atoms. The number of hydrogen-bond acceptors (Lipinski definition) is 5. The van der Waals surface area contributed by atoms with Gasteiger partial charge in [0.25, 0.3) is 5.91 Å². The Morgan fingerprint density at radius 3 is 2.33 bits per heavy atom. The number of hydrogen-bond donors (Lipinski definition) is 3. The Balaban J connectivity index is 2.81. The number of carbonyl (C=O) groups is 3. The topological polar surface area (TPSA) is 130 Å². The predicted octanol–water partition coefficient (Wildman–Crippen LogP) is -0.0509. The van der Waals surface area contributed by atoms with Gasteiger partial charge in [-0.15, -0.1) is 0 Å². The predicted molar refractivity (Wildman–Crippen MR) is 57.1 cm³/mol. The van der Waals surface area contributed by atoms with E-state index in [1.807, 2.05) is 0 Å². The van der Waals surface area contributed by atoms with Crippen molar-refractivity contribution in [2.75, 3.05) is 0 Å². The van der Waals surface area contributed by atoms with Crippen molar-refractivity contribution < 1.29 is 29.0 Å². The van der Waals surface area contributed by atoms with Crippen molar-refractivity contribution in [2.24, 2.45) is 0 Å². The number of carbonyl (C=O) groups excluding carboxylic acids is 1. The second-order valence-electron chi connectivity index (χ2n) is 3.61. The van der Waals surface area contributed by atoms with E-state index in [1.165, 1.54) is 13.8 Å². The lowest BCUT2D eigenvalue weighted by atomic mass is 10.2. The highest BCUT2D eigenvalue weighted by molar-refractivity contribution is 5.95. The summed E-state index contributed by atoms with van der Waals surface area (Å²) in [5.41, 5.74) is 0.310. The molecule has 1 atom stereocenters. The highest BCUT2D eigenvalue weighted by Crippen LogP contribution is 2.09. The summed E-state index contributed by atoms with van der Waals surface area (Å²) >= 11 is 0. The Bertz CT molecular complexity index is 493. The normalized spacial score (nSPS) is 11.9. The minimum atomic E-state index is -1.51. The van der Waals surface area contributed by atoms with E-state index >= 15 is 0 Å². The monoisotopic (exact) mass is 256 g/mol. The molecule has 18 heavy (non-hydrogen) atoms. The van der Waals surface area contributed by atoms with Gasteiger partial charge in [-0.1, -0.05) is 0 Å². The molecule has 1 heterocycles. The van der Waals surface area contributed by atoms with Gasteiger partial charge < -0.3 is 19.9 Å².